The molecule has 166 valence electrons. The summed E-state index contributed by atoms with van der Waals surface area (Å²) in [6, 6.07) is 13.6. The summed E-state index contributed by atoms with van der Waals surface area (Å²) < 4.78 is 20.5. The van der Waals surface area contributed by atoms with Crippen LogP contribution in [0.1, 0.15) is 29.3 Å². The number of esters is 2. The van der Waals surface area contributed by atoms with Crippen LogP contribution >= 0.6 is 11.6 Å². The molecule has 1 amide bonds. The largest absolute Gasteiger partial charge is 0.477 e. The van der Waals surface area contributed by atoms with Crippen molar-refractivity contribution in [2.75, 3.05) is 20.3 Å². The van der Waals surface area contributed by atoms with Crippen molar-refractivity contribution in [3.8, 4) is 5.75 Å². The first-order valence-electron chi connectivity index (χ1n) is 9.60. The third-order valence-electron chi connectivity index (χ3n) is 4.06. The van der Waals surface area contributed by atoms with Gasteiger partial charge in [0.2, 0.25) is 0 Å². The number of halogens is 1. The molecule has 0 aliphatic rings. The number of nitrogens with one attached hydrogen (secondary N) is 1. The van der Waals surface area contributed by atoms with Crippen molar-refractivity contribution in [3.05, 3.63) is 64.7 Å². The molecule has 2 aromatic carbocycles. The van der Waals surface area contributed by atoms with Gasteiger partial charge in [-0.05, 0) is 30.7 Å². The second-order valence-corrected chi connectivity index (χ2v) is 6.68. The summed E-state index contributed by atoms with van der Waals surface area (Å²) in [7, 11) is 1.26. The van der Waals surface area contributed by atoms with E-state index in [1.165, 1.54) is 25.3 Å². The molecule has 0 fully saturated rings. The average molecular weight is 450 g/mol. The lowest BCUT2D eigenvalue weighted by Crippen LogP contribution is -2.35. The third-order valence-corrected chi connectivity index (χ3v) is 4.36. The highest BCUT2D eigenvalue weighted by Gasteiger charge is 2.23. The Kier molecular flexibility index (Phi) is 9.64. The Hall–Kier alpha value is -3.26. The van der Waals surface area contributed by atoms with E-state index in [0.717, 1.165) is 5.56 Å². The molecule has 1 N–H and O–H groups in total. The minimum Gasteiger partial charge on any atom is -0.477 e. The summed E-state index contributed by atoms with van der Waals surface area (Å²) in [4.78, 5) is 35.7. The maximum atomic E-state index is 12.3. The smallest absolute Gasteiger partial charge is 0.407 e. The number of benzene rings is 2. The molecule has 0 spiro atoms. The molecule has 0 unspecified atom stereocenters. The van der Waals surface area contributed by atoms with Crippen molar-refractivity contribution in [1.29, 1.82) is 0 Å². The fraction of sp³-hybridized carbons (Fsp3) is 0.318. The van der Waals surface area contributed by atoms with Gasteiger partial charge < -0.3 is 24.3 Å². The summed E-state index contributed by atoms with van der Waals surface area (Å²) in [6.07, 6.45) is -1.52. The Morgan fingerprint density at radius 2 is 1.81 bits per heavy atom. The summed E-state index contributed by atoms with van der Waals surface area (Å²) >= 11 is 6.17. The predicted octanol–water partition coefficient (Wildman–Crippen LogP) is 3.75. The summed E-state index contributed by atoms with van der Waals surface area (Å²) in [5.41, 5.74) is 1.10. The minimum absolute atomic E-state index is 0.106. The zero-order chi connectivity index (χ0) is 22.6. The number of amides is 1. The average Bonchev–Trinajstić information content (AvgIpc) is 2.78. The van der Waals surface area contributed by atoms with E-state index in [2.05, 4.69) is 10.1 Å². The SMILES string of the molecule is CCOC(=O)[C@@H](CCNC(=O)OCc1ccccc1)Oc1ccc(C(=O)OC)cc1Cl. The maximum absolute atomic E-state index is 12.3. The maximum Gasteiger partial charge on any atom is 0.407 e. The molecule has 0 aromatic heterocycles. The zero-order valence-electron chi connectivity index (χ0n) is 17.3. The molecule has 0 radical (unpaired) electrons. The Morgan fingerprint density at radius 3 is 2.45 bits per heavy atom. The highest BCUT2D eigenvalue weighted by atomic mass is 35.5. The lowest BCUT2D eigenvalue weighted by molar-refractivity contribution is -0.151. The van der Waals surface area contributed by atoms with Crippen LogP contribution in [-0.2, 0) is 25.6 Å². The van der Waals surface area contributed by atoms with Crippen LogP contribution in [0.2, 0.25) is 5.02 Å². The molecule has 0 saturated carbocycles. The molecular weight excluding hydrogens is 426 g/mol. The van der Waals surface area contributed by atoms with Crippen LogP contribution in [0.3, 0.4) is 0 Å². The van der Waals surface area contributed by atoms with Gasteiger partial charge in [0.15, 0.2) is 6.10 Å². The standard InChI is InChI=1S/C22H24ClNO7/c1-3-29-21(26)19(31-18-10-9-16(13-17(18)23)20(25)28-2)11-12-24-22(27)30-14-15-7-5-4-6-8-15/h4-10,13,19H,3,11-12,14H2,1-2H3,(H,24,27)/t19-/m1/s1. The van der Waals surface area contributed by atoms with Crippen molar-refractivity contribution >= 4 is 29.6 Å². The van der Waals surface area contributed by atoms with E-state index in [-0.39, 0.29) is 42.5 Å². The van der Waals surface area contributed by atoms with Gasteiger partial charge in [-0.15, -0.1) is 0 Å². The van der Waals surface area contributed by atoms with Gasteiger partial charge in [0.1, 0.15) is 12.4 Å². The van der Waals surface area contributed by atoms with E-state index in [1.807, 2.05) is 30.3 Å². The van der Waals surface area contributed by atoms with Gasteiger partial charge in [-0.1, -0.05) is 41.9 Å². The highest BCUT2D eigenvalue weighted by molar-refractivity contribution is 6.32. The normalized spacial score (nSPS) is 11.2. The second kappa shape index (κ2) is 12.4. The molecule has 0 bridgehead atoms. The molecule has 31 heavy (non-hydrogen) atoms. The van der Waals surface area contributed by atoms with Crippen LogP contribution < -0.4 is 10.1 Å². The van der Waals surface area contributed by atoms with Gasteiger partial charge in [0.05, 0.1) is 24.3 Å². The number of carbonyl (C=O) groups excluding carboxylic acids is 3. The van der Waals surface area contributed by atoms with Gasteiger partial charge in [-0.3, -0.25) is 0 Å². The number of carbonyl (C=O) groups is 3. The van der Waals surface area contributed by atoms with Gasteiger partial charge in [0.25, 0.3) is 0 Å². The Balaban J connectivity index is 1.92. The number of hydrogen-bond acceptors (Lipinski definition) is 7. The first kappa shape index (κ1) is 24.0. The second-order valence-electron chi connectivity index (χ2n) is 6.27. The van der Waals surface area contributed by atoms with Gasteiger partial charge in [0, 0.05) is 13.0 Å². The van der Waals surface area contributed by atoms with Crippen LogP contribution in [0.25, 0.3) is 0 Å². The molecule has 0 aliphatic carbocycles. The van der Waals surface area contributed by atoms with Crippen molar-refractivity contribution < 1.29 is 33.3 Å². The minimum atomic E-state index is -1.02. The first-order valence-corrected chi connectivity index (χ1v) is 9.98. The molecule has 0 heterocycles. The number of methoxy groups -OCH3 is 1. The van der Waals surface area contributed by atoms with E-state index in [1.54, 1.807) is 6.92 Å². The molecule has 0 aliphatic heterocycles. The Bertz CT molecular complexity index is 889. The Morgan fingerprint density at radius 1 is 1.06 bits per heavy atom. The number of rotatable bonds is 10. The molecule has 2 aromatic rings. The van der Waals surface area contributed by atoms with Crippen LogP contribution in [0.5, 0.6) is 5.75 Å². The van der Waals surface area contributed by atoms with Crippen LogP contribution in [0, 0.1) is 0 Å². The molecule has 2 rings (SSSR count). The molecule has 8 nitrogen and oxygen atoms in total. The quantitative estimate of drug-likeness (QED) is 0.435. The molecule has 0 saturated heterocycles. The van der Waals surface area contributed by atoms with E-state index >= 15 is 0 Å². The topological polar surface area (TPSA) is 100 Å². The first-order chi connectivity index (χ1) is 14.9. The lowest BCUT2D eigenvalue weighted by atomic mass is 10.2. The van der Waals surface area contributed by atoms with Crippen molar-refractivity contribution in [3.63, 3.8) is 0 Å². The van der Waals surface area contributed by atoms with Gasteiger partial charge in [-0.2, -0.15) is 0 Å². The monoisotopic (exact) mass is 449 g/mol. The number of hydrogen-bond donors (Lipinski definition) is 1. The number of alkyl carbamates (subject to hydrolysis) is 1. The highest BCUT2D eigenvalue weighted by Crippen LogP contribution is 2.27. The predicted molar refractivity (Wildman–Crippen MR) is 113 cm³/mol. The summed E-state index contributed by atoms with van der Waals surface area (Å²) in [6.45, 7) is 2.08. The van der Waals surface area contributed by atoms with Crippen molar-refractivity contribution in [2.24, 2.45) is 0 Å². The van der Waals surface area contributed by atoms with E-state index in [0.29, 0.717) is 0 Å². The molecule has 9 heteroatoms. The lowest BCUT2D eigenvalue weighted by Gasteiger charge is -2.19. The van der Waals surface area contributed by atoms with Crippen molar-refractivity contribution in [2.45, 2.75) is 26.1 Å². The molecule has 1 atom stereocenters. The van der Waals surface area contributed by atoms with E-state index in [4.69, 9.17) is 25.8 Å². The van der Waals surface area contributed by atoms with Crippen molar-refractivity contribution in [1.82, 2.24) is 5.32 Å². The number of ether oxygens (including phenoxy) is 4. The van der Waals surface area contributed by atoms with Gasteiger partial charge in [-0.25, -0.2) is 14.4 Å². The van der Waals surface area contributed by atoms with Crippen LogP contribution in [0.4, 0.5) is 4.79 Å². The summed E-state index contributed by atoms with van der Waals surface area (Å²) in [5.74, 6) is -0.956. The van der Waals surface area contributed by atoms with Gasteiger partial charge >= 0.3 is 18.0 Å². The van der Waals surface area contributed by atoms with E-state index < -0.39 is 24.1 Å². The molecular formula is C22H24ClNO7. The third kappa shape index (κ3) is 7.82. The zero-order valence-corrected chi connectivity index (χ0v) is 18.0. The fourth-order valence-electron chi connectivity index (χ4n) is 2.53. The van der Waals surface area contributed by atoms with E-state index in [9.17, 15) is 14.4 Å². The van der Waals surface area contributed by atoms with Crippen LogP contribution in [-0.4, -0.2) is 44.4 Å². The fourth-order valence-corrected chi connectivity index (χ4v) is 2.76. The Labute approximate surface area is 185 Å². The summed E-state index contributed by atoms with van der Waals surface area (Å²) in [5, 5.41) is 2.70. The van der Waals surface area contributed by atoms with Crippen LogP contribution in [0.15, 0.2) is 48.5 Å².